The summed E-state index contributed by atoms with van der Waals surface area (Å²) in [5.74, 6) is -1.03. The van der Waals surface area contributed by atoms with E-state index in [4.69, 9.17) is 23.8 Å². The maximum absolute atomic E-state index is 12.7. The SMILES string of the molecule is O=C1NC(=S)N(c2ccc(Cl)cc2)C(=O)/C1=C\C=C/c1cccnc1. The predicted molar refractivity (Wildman–Crippen MR) is 101 cm³/mol. The molecule has 3 rings (SSSR count). The number of benzene rings is 1. The van der Waals surface area contributed by atoms with E-state index in [1.54, 1.807) is 54.9 Å². The zero-order chi connectivity index (χ0) is 17.8. The van der Waals surface area contributed by atoms with Crippen molar-refractivity contribution in [1.29, 1.82) is 0 Å². The minimum absolute atomic E-state index is 0.0105. The molecule has 0 atom stereocenters. The van der Waals surface area contributed by atoms with Crippen molar-refractivity contribution >= 4 is 52.5 Å². The molecule has 0 unspecified atom stereocenters. The molecule has 0 aliphatic carbocycles. The number of nitrogens with zero attached hydrogens (tertiary/aromatic N) is 2. The molecule has 5 nitrogen and oxygen atoms in total. The number of rotatable bonds is 3. The summed E-state index contributed by atoms with van der Waals surface area (Å²) >= 11 is 11.0. The summed E-state index contributed by atoms with van der Waals surface area (Å²) in [7, 11) is 0. The third-order valence-electron chi connectivity index (χ3n) is 3.42. The van der Waals surface area contributed by atoms with E-state index in [0.29, 0.717) is 10.7 Å². The number of pyridine rings is 1. The van der Waals surface area contributed by atoms with E-state index in [1.165, 1.54) is 11.0 Å². The Bertz CT molecular complexity index is 892. The summed E-state index contributed by atoms with van der Waals surface area (Å²) in [6, 6.07) is 10.3. The third kappa shape index (κ3) is 3.81. The van der Waals surface area contributed by atoms with Gasteiger partial charge in [-0.3, -0.25) is 24.8 Å². The molecule has 25 heavy (non-hydrogen) atoms. The molecule has 0 saturated carbocycles. The van der Waals surface area contributed by atoms with Crippen LogP contribution in [0.25, 0.3) is 6.08 Å². The van der Waals surface area contributed by atoms with Gasteiger partial charge in [-0.05, 0) is 54.2 Å². The lowest BCUT2D eigenvalue weighted by molar-refractivity contribution is -0.122. The number of halogens is 1. The van der Waals surface area contributed by atoms with Crippen LogP contribution < -0.4 is 10.2 Å². The second-order valence-corrected chi connectivity index (χ2v) is 5.93. The van der Waals surface area contributed by atoms with Gasteiger partial charge >= 0.3 is 0 Å². The Balaban J connectivity index is 1.88. The topological polar surface area (TPSA) is 62.3 Å². The van der Waals surface area contributed by atoms with Crippen molar-refractivity contribution in [2.24, 2.45) is 0 Å². The molecule has 124 valence electrons. The molecule has 1 fully saturated rings. The molecule has 1 saturated heterocycles. The highest BCUT2D eigenvalue weighted by Gasteiger charge is 2.33. The summed E-state index contributed by atoms with van der Waals surface area (Å²) in [4.78, 5) is 30.1. The molecule has 2 amide bonds. The number of hydrogen-bond acceptors (Lipinski definition) is 4. The van der Waals surface area contributed by atoms with E-state index in [0.717, 1.165) is 5.56 Å². The van der Waals surface area contributed by atoms with Crippen molar-refractivity contribution in [3.8, 4) is 0 Å². The number of nitrogens with one attached hydrogen (secondary N) is 1. The number of carbonyl (C=O) groups excluding carboxylic acids is 2. The van der Waals surface area contributed by atoms with Crippen molar-refractivity contribution < 1.29 is 9.59 Å². The summed E-state index contributed by atoms with van der Waals surface area (Å²) < 4.78 is 0. The highest BCUT2D eigenvalue weighted by atomic mass is 35.5. The molecule has 1 aromatic heterocycles. The Morgan fingerprint density at radius 2 is 1.92 bits per heavy atom. The second-order valence-electron chi connectivity index (χ2n) is 5.10. The maximum Gasteiger partial charge on any atom is 0.270 e. The first kappa shape index (κ1) is 17.0. The van der Waals surface area contributed by atoms with Gasteiger partial charge in [0.2, 0.25) is 0 Å². The molecule has 0 bridgehead atoms. The normalized spacial score (nSPS) is 16.6. The highest BCUT2D eigenvalue weighted by molar-refractivity contribution is 7.80. The van der Waals surface area contributed by atoms with Gasteiger partial charge in [-0.15, -0.1) is 0 Å². The standard InChI is InChI=1S/C18H12ClN3O2S/c19-13-6-8-14(9-7-13)22-17(24)15(16(23)21-18(22)25)5-1-3-12-4-2-10-20-11-12/h1-11H,(H,21,23,25)/b3-1-,15-5-. The summed E-state index contributed by atoms with van der Waals surface area (Å²) in [5.41, 5.74) is 1.37. The largest absolute Gasteiger partial charge is 0.298 e. The van der Waals surface area contributed by atoms with Crippen molar-refractivity contribution in [3.63, 3.8) is 0 Å². The number of thiocarbonyl (C=S) groups is 1. The lowest BCUT2D eigenvalue weighted by atomic mass is 10.1. The van der Waals surface area contributed by atoms with Crippen LogP contribution in [0.3, 0.4) is 0 Å². The average Bonchev–Trinajstić information content (AvgIpc) is 2.60. The second kappa shape index (κ2) is 7.38. The molecule has 0 radical (unpaired) electrons. The number of aromatic nitrogens is 1. The lowest BCUT2D eigenvalue weighted by Gasteiger charge is -2.28. The lowest BCUT2D eigenvalue weighted by Crippen LogP contribution is -2.54. The van der Waals surface area contributed by atoms with Gasteiger partial charge in [-0.2, -0.15) is 0 Å². The van der Waals surface area contributed by atoms with E-state index in [9.17, 15) is 9.59 Å². The Morgan fingerprint density at radius 3 is 2.60 bits per heavy atom. The van der Waals surface area contributed by atoms with Crippen LogP contribution in [0.5, 0.6) is 0 Å². The van der Waals surface area contributed by atoms with Crippen LogP contribution in [-0.4, -0.2) is 21.9 Å². The monoisotopic (exact) mass is 369 g/mol. The first-order chi connectivity index (χ1) is 12.1. The van der Waals surface area contributed by atoms with Crippen LogP contribution in [0.15, 0.2) is 66.5 Å². The molecule has 1 aliphatic heterocycles. The van der Waals surface area contributed by atoms with Crippen LogP contribution in [0.1, 0.15) is 5.56 Å². The van der Waals surface area contributed by atoms with E-state index in [-0.39, 0.29) is 10.7 Å². The first-order valence-corrected chi connectivity index (χ1v) is 8.08. The van der Waals surface area contributed by atoms with Crippen molar-refractivity contribution in [2.45, 2.75) is 0 Å². The average molecular weight is 370 g/mol. The molecule has 2 heterocycles. The minimum atomic E-state index is -0.531. The minimum Gasteiger partial charge on any atom is -0.298 e. The van der Waals surface area contributed by atoms with E-state index in [1.807, 2.05) is 6.07 Å². The molecule has 0 spiro atoms. The molecule has 2 aromatic rings. The molecule has 1 N–H and O–H groups in total. The molecule has 1 aromatic carbocycles. The first-order valence-electron chi connectivity index (χ1n) is 7.30. The fourth-order valence-corrected chi connectivity index (χ4v) is 2.64. The number of anilines is 1. The summed E-state index contributed by atoms with van der Waals surface area (Å²) in [5, 5.41) is 3.09. The van der Waals surface area contributed by atoms with Crippen molar-refractivity contribution in [2.75, 3.05) is 4.90 Å². The number of amides is 2. The van der Waals surface area contributed by atoms with E-state index < -0.39 is 11.8 Å². The number of hydrogen-bond donors (Lipinski definition) is 1. The predicted octanol–water partition coefficient (Wildman–Crippen LogP) is 3.12. The van der Waals surface area contributed by atoms with Crippen molar-refractivity contribution in [1.82, 2.24) is 10.3 Å². The van der Waals surface area contributed by atoms with Gasteiger partial charge in [0.1, 0.15) is 5.57 Å². The summed E-state index contributed by atoms with van der Waals surface area (Å²) in [6.07, 6.45) is 8.17. The van der Waals surface area contributed by atoms with Crippen LogP contribution in [0.2, 0.25) is 5.02 Å². The Labute approximate surface area is 154 Å². The van der Waals surface area contributed by atoms with E-state index >= 15 is 0 Å². The molecule has 7 heteroatoms. The van der Waals surface area contributed by atoms with Gasteiger partial charge < -0.3 is 0 Å². The quantitative estimate of drug-likeness (QED) is 0.513. The third-order valence-corrected chi connectivity index (χ3v) is 3.96. The van der Waals surface area contributed by atoms with Gasteiger partial charge in [0.05, 0.1) is 5.69 Å². The Morgan fingerprint density at radius 1 is 1.16 bits per heavy atom. The molecule has 1 aliphatic rings. The number of allylic oxidation sites excluding steroid dienone is 2. The Kier molecular flexibility index (Phi) is 5.02. The van der Waals surface area contributed by atoms with Crippen LogP contribution in [-0.2, 0) is 9.59 Å². The number of carbonyl (C=O) groups is 2. The maximum atomic E-state index is 12.7. The van der Waals surface area contributed by atoms with Gasteiger partial charge in [-0.25, -0.2) is 0 Å². The van der Waals surface area contributed by atoms with Gasteiger partial charge in [0.25, 0.3) is 11.8 Å². The van der Waals surface area contributed by atoms with Crippen LogP contribution >= 0.6 is 23.8 Å². The van der Waals surface area contributed by atoms with Crippen LogP contribution in [0.4, 0.5) is 5.69 Å². The highest BCUT2D eigenvalue weighted by Crippen LogP contribution is 2.22. The fraction of sp³-hybridized carbons (Fsp3) is 0. The smallest absolute Gasteiger partial charge is 0.270 e. The van der Waals surface area contributed by atoms with Gasteiger partial charge in [0.15, 0.2) is 5.11 Å². The van der Waals surface area contributed by atoms with Crippen molar-refractivity contribution in [3.05, 3.63) is 77.1 Å². The molecular weight excluding hydrogens is 358 g/mol. The van der Waals surface area contributed by atoms with Gasteiger partial charge in [-0.1, -0.05) is 29.8 Å². The zero-order valence-electron chi connectivity index (χ0n) is 12.8. The molecular formula is C18H12ClN3O2S. The summed E-state index contributed by atoms with van der Waals surface area (Å²) in [6.45, 7) is 0. The van der Waals surface area contributed by atoms with Gasteiger partial charge in [0, 0.05) is 17.4 Å². The van der Waals surface area contributed by atoms with Crippen LogP contribution in [0, 0.1) is 0 Å². The van der Waals surface area contributed by atoms with E-state index in [2.05, 4.69) is 10.3 Å². The zero-order valence-corrected chi connectivity index (χ0v) is 14.4. The Hall–Kier alpha value is -2.83. The fourth-order valence-electron chi connectivity index (χ4n) is 2.23.